The van der Waals surface area contributed by atoms with Crippen LogP contribution in [0.4, 0.5) is 4.79 Å². The molecule has 0 spiro atoms. The van der Waals surface area contributed by atoms with Gasteiger partial charge in [-0.3, -0.25) is 10.1 Å². The number of hydrogen-bond donors (Lipinski definition) is 2. The van der Waals surface area contributed by atoms with Crippen LogP contribution in [0.3, 0.4) is 0 Å². The van der Waals surface area contributed by atoms with Crippen LogP contribution in [-0.2, 0) is 9.53 Å². The van der Waals surface area contributed by atoms with E-state index in [1.165, 1.54) is 25.1 Å². The zero-order valence-corrected chi connectivity index (χ0v) is 14.7. The Kier molecular flexibility index (Phi) is 6.41. The van der Waals surface area contributed by atoms with Gasteiger partial charge in [0.05, 0.1) is 10.6 Å². The Morgan fingerprint density at radius 3 is 2.35 bits per heavy atom. The van der Waals surface area contributed by atoms with E-state index < -0.39 is 29.6 Å². The van der Waals surface area contributed by atoms with E-state index in [9.17, 15) is 14.4 Å². The van der Waals surface area contributed by atoms with Crippen LogP contribution in [0.1, 0.15) is 38.1 Å². The summed E-state index contributed by atoms with van der Waals surface area (Å²) in [4.78, 5) is 35.5. The Hall–Kier alpha value is -1.79. The highest BCUT2D eigenvalue weighted by Gasteiger charge is 2.23. The first-order valence-electron chi connectivity index (χ1n) is 6.78. The molecule has 0 aliphatic heterocycles. The summed E-state index contributed by atoms with van der Waals surface area (Å²) >= 11 is 11.7. The summed E-state index contributed by atoms with van der Waals surface area (Å²) in [5.41, 5.74) is -0.462. The summed E-state index contributed by atoms with van der Waals surface area (Å²) in [6.07, 6.45) is -1.18. The van der Waals surface area contributed by atoms with Gasteiger partial charge >= 0.3 is 12.0 Å². The number of hydrogen-bond acceptors (Lipinski definition) is 4. The van der Waals surface area contributed by atoms with Crippen molar-refractivity contribution in [3.8, 4) is 0 Å². The highest BCUT2D eigenvalue weighted by molar-refractivity contribution is 6.35. The molecule has 2 N–H and O–H groups in total. The van der Waals surface area contributed by atoms with Gasteiger partial charge in [-0.25, -0.2) is 9.59 Å². The molecule has 0 bridgehead atoms. The van der Waals surface area contributed by atoms with Crippen molar-refractivity contribution in [3.63, 3.8) is 0 Å². The van der Waals surface area contributed by atoms with E-state index in [0.717, 1.165) is 0 Å². The number of carbonyl (C=O) groups is 3. The number of nitrogens with one attached hydrogen (secondary N) is 2. The van der Waals surface area contributed by atoms with E-state index in [0.29, 0.717) is 5.02 Å². The second kappa shape index (κ2) is 7.66. The zero-order valence-electron chi connectivity index (χ0n) is 13.2. The number of esters is 1. The summed E-state index contributed by atoms with van der Waals surface area (Å²) in [5.74, 6) is -1.56. The molecule has 1 unspecified atom stereocenters. The van der Waals surface area contributed by atoms with E-state index in [1.54, 1.807) is 20.8 Å². The first-order chi connectivity index (χ1) is 10.5. The van der Waals surface area contributed by atoms with Crippen molar-refractivity contribution in [3.05, 3.63) is 33.8 Å². The second-order valence-electron chi connectivity index (χ2n) is 5.87. The van der Waals surface area contributed by atoms with E-state index >= 15 is 0 Å². The lowest BCUT2D eigenvalue weighted by molar-refractivity contribution is -0.127. The number of imide groups is 1. The Morgan fingerprint density at radius 2 is 1.78 bits per heavy atom. The standard InChI is InChI=1S/C15H18Cl2N2O4/c1-8(12(20)18-14(22)19-15(2,3)4)23-13(21)10-7-9(16)5-6-11(10)17/h5-8H,1-4H3,(H2,18,19,20,22). The van der Waals surface area contributed by atoms with Crippen LogP contribution >= 0.6 is 23.2 Å². The Bertz CT molecular complexity index is 626. The second-order valence-corrected chi connectivity index (χ2v) is 6.71. The van der Waals surface area contributed by atoms with Gasteiger partial charge in [0, 0.05) is 10.6 Å². The van der Waals surface area contributed by atoms with Gasteiger partial charge in [-0.05, 0) is 45.9 Å². The molecule has 23 heavy (non-hydrogen) atoms. The lowest BCUT2D eigenvalue weighted by atomic mass is 10.1. The summed E-state index contributed by atoms with van der Waals surface area (Å²) in [7, 11) is 0. The Labute approximate surface area is 144 Å². The van der Waals surface area contributed by atoms with E-state index in [4.69, 9.17) is 27.9 Å². The van der Waals surface area contributed by atoms with Crippen LogP contribution in [0.2, 0.25) is 10.0 Å². The minimum absolute atomic E-state index is 0.0398. The molecular weight excluding hydrogens is 343 g/mol. The quantitative estimate of drug-likeness (QED) is 0.810. The SMILES string of the molecule is CC(OC(=O)c1cc(Cl)ccc1Cl)C(=O)NC(=O)NC(C)(C)C. The van der Waals surface area contributed by atoms with Crippen molar-refractivity contribution in [1.29, 1.82) is 0 Å². The van der Waals surface area contributed by atoms with Gasteiger partial charge in [0.25, 0.3) is 5.91 Å². The zero-order chi connectivity index (χ0) is 17.8. The summed E-state index contributed by atoms with van der Waals surface area (Å²) in [6, 6.07) is 3.63. The molecule has 0 heterocycles. The summed E-state index contributed by atoms with van der Waals surface area (Å²) in [5, 5.41) is 5.11. The fourth-order valence-corrected chi connectivity index (χ4v) is 1.88. The maximum absolute atomic E-state index is 12.0. The minimum Gasteiger partial charge on any atom is -0.449 e. The van der Waals surface area contributed by atoms with Crippen LogP contribution in [0, 0.1) is 0 Å². The van der Waals surface area contributed by atoms with Crippen LogP contribution in [0.25, 0.3) is 0 Å². The Balaban J connectivity index is 2.66. The van der Waals surface area contributed by atoms with Crippen molar-refractivity contribution >= 4 is 41.1 Å². The smallest absolute Gasteiger partial charge is 0.340 e. The number of halogens is 2. The van der Waals surface area contributed by atoms with Crippen molar-refractivity contribution in [2.45, 2.75) is 39.3 Å². The van der Waals surface area contributed by atoms with Crippen LogP contribution in [0.15, 0.2) is 18.2 Å². The van der Waals surface area contributed by atoms with E-state index in [-0.39, 0.29) is 10.6 Å². The van der Waals surface area contributed by atoms with Crippen molar-refractivity contribution in [2.24, 2.45) is 0 Å². The first kappa shape index (κ1) is 19.3. The molecule has 1 atom stereocenters. The first-order valence-corrected chi connectivity index (χ1v) is 7.54. The molecule has 126 valence electrons. The molecule has 1 aromatic carbocycles. The maximum Gasteiger partial charge on any atom is 0.340 e. The Morgan fingerprint density at radius 1 is 1.17 bits per heavy atom. The summed E-state index contributed by atoms with van der Waals surface area (Å²) < 4.78 is 4.99. The van der Waals surface area contributed by atoms with Gasteiger partial charge in [0.1, 0.15) is 0 Å². The van der Waals surface area contributed by atoms with E-state index in [1.807, 2.05) is 0 Å². The van der Waals surface area contributed by atoms with Crippen LogP contribution in [-0.4, -0.2) is 29.6 Å². The highest BCUT2D eigenvalue weighted by atomic mass is 35.5. The molecule has 0 aromatic heterocycles. The van der Waals surface area contributed by atoms with Crippen LogP contribution in [0.5, 0.6) is 0 Å². The van der Waals surface area contributed by atoms with Crippen molar-refractivity contribution in [1.82, 2.24) is 10.6 Å². The minimum atomic E-state index is -1.18. The molecule has 8 heteroatoms. The number of urea groups is 1. The third kappa shape index (κ3) is 6.46. The topological polar surface area (TPSA) is 84.5 Å². The monoisotopic (exact) mass is 360 g/mol. The lowest BCUT2D eigenvalue weighted by Crippen LogP contribution is -2.50. The predicted octanol–water partition coefficient (Wildman–Crippen LogP) is 3.16. The molecule has 0 fully saturated rings. The molecule has 0 saturated carbocycles. The lowest BCUT2D eigenvalue weighted by Gasteiger charge is -2.21. The van der Waals surface area contributed by atoms with Gasteiger partial charge in [-0.2, -0.15) is 0 Å². The van der Waals surface area contributed by atoms with Crippen LogP contribution < -0.4 is 10.6 Å². The molecule has 6 nitrogen and oxygen atoms in total. The highest BCUT2D eigenvalue weighted by Crippen LogP contribution is 2.21. The van der Waals surface area contributed by atoms with E-state index in [2.05, 4.69) is 10.6 Å². The molecule has 0 aliphatic carbocycles. The number of amides is 3. The molecule has 0 aliphatic rings. The van der Waals surface area contributed by atoms with Crippen molar-refractivity contribution in [2.75, 3.05) is 0 Å². The van der Waals surface area contributed by atoms with Gasteiger partial charge in [0.2, 0.25) is 0 Å². The molecule has 1 aromatic rings. The van der Waals surface area contributed by atoms with Gasteiger partial charge in [0.15, 0.2) is 6.10 Å². The van der Waals surface area contributed by atoms with Gasteiger partial charge < -0.3 is 10.1 Å². The third-order valence-electron chi connectivity index (χ3n) is 2.53. The molecule has 3 amide bonds. The molecule has 0 radical (unpaired) electrons. The third-order valence-corrected chi connectivity index (χ3v) is 3.09. The average Bonchev–Trinajstić information content (AvgIpc) is 2.38. The molecular formula is C15H18Cl2N2O4. The molecule has 0 saturated heterocycles. The van der Waals surface area contributed by atoms with Crippen molar-refractivity contribution < 1.29 is 19.1 Å². The summed E-state index contributed by atoms with van der Waals surface area (Å²) in [6.45, 7) is 6.64. The predicted molar refractivity (Wildman–Crippen MR) is 87.8 cm³/mol. The largest absolute Gasteiger partial charge is 0.449 e. The average molecular weight is 361 g/mol. The fraction of sp³-hybridized carbons (Fsp3) is 0.400. The number of benzene rings is 1. The molecule has 1 rings (SSSR count). The fourth-order valence-electron chi connectivity index (χ4n) is 1.52. The maximum atomic E-state index is 12.0. The normalized spacial score (nSPS) is 12.3. The number of rotatable bonds is 3. The van der Waals surface area contributed by atoms with Gasteiger partial charge in [-0.1, -0.05) is 23.2 Å². The number of ether oxygens (including phenoxy) is 1. The number of carbonyl (C=O) groups excluding carboxylic acids is 3. The van der Waals surface area contributed by atoms with Gasteiger partial charge in [-0.15, -0.1) is 0 Å².